The third-order valence-electron chi connectivity index (χ3n) is 3.32. The van der Waals surface area contributed by atoms with E-state index in [-0.39, 0.29) is 5.78 Å². The van der Waals surface area contributed by atoms with E-state index < -0.39 is 0 Å². The molecule has 0 radical (unpaired) electrons. The Bertz CT molecular complexity index is 598. The van der Waals surface area contributed by atoms with E-state index in [9.17, 15) is 4.79 Å². The molecule has 0 saturated heterocycles. The SMILES string of the molecule is CCc1ccsc1C(=O)c1ccc2c(c1)COC2. The van der Waals surface area contributed by atoms with Gasteiger partial charge in [0.1, 0.15) is 0 Å². The lowest BCUT2D eigenvalue weighted by Crippen LogP contribution is -2.02. The van der Waals surface area contributed by atoms with Crippen LogP contribution >= 0.6 is 11.3 Å². The monoisotopic (exact) mass is 258 g/mol. The molecule has 0 aliphatic carbocycles. The van der Waals surface area contributed by atoms with E-state index in [2.05, 4.69) is 6.92 Å². The van der Waals surface area contributed by atoms with Crippen LogP contribution in [0.1, 0.15) is 38.8 Å². The van der Waals surface area contributed by atoms with Gasteiger partial charge in [0, 0.05) is 5.56 Å². The highest BCUT2D eigenvalue weighted by Gasteiger charge is 2.17. The Morgan fingerprint density at radius 2 is 2.11 bits per heavy atom. The molecule has 3 heteroatoms. The van der Waals surface area contributed by atoms with Gasteiger partial charge in [-0.05, 0) is 40.6 Å². The number of aryl methyl sites for hydroxylation is 1. The number of thiophene rings is 1. The molecule has 3 rings (SSSR count). The maximum atomic E-state index is 12.5. The van der Waals surface area contributed by atoms with Crippen LogP contribution in [0.4, 0.5) is 0 Å². The van der Waals surface area contributed by atoms with Crippen LogP contribution < -0.4 is 0 Å². The molecular formula is C15H14O2S. The summed E-state index contributed by atoms with van der Waals surface area (Å²) in [5.41, 5.74) is 4.27. The third-order valence-corrected chi connectivity index (χ3v) is 4.27. The van der Waals surface area contributed by atoms with Crippen molar-refractivity contribution in [3.63, 3.8) is 0 Å². The molecule has 18 heavy (non-hydrogen) atoms. The normalized spacial score (nSPS) is 13.6. The quantitative estimate of drug-likeness (QED) is 0.787. The van der Waals surface area contributed by atoms with Crippen LogP contribution in [-0.4, -0.2) is 5.78 Å². The molecule has 0 amide bonds. The number of carbonyl (C=O) groups excluding carboxylic acids is 1. The smallest absolute Gasteiger partial charge is 0.203 e. The van der Waals surface area contributed by atoms with Gasteiger partial charge >= 0.3 is 0 Å². The second-order valence-corrected chi connectivity index (χ2v) is 5.35. The summed E-state index contributed by atoms with van der Waals surface area (Å²) in [7, 11) is 0. The number of carbonyl (C=O) groups is 1. The fourth-order valence-electron chi connectivity index (χ4n) is 2.26. The van der Waals surface area contributed by atoms with E-state index >= 15 is 0 Å². The summed E-state index contributed by atoms with van der Waals surface area (Å²) in [4.78, 5) is 13.3. The maximum absolute atomic E-state index is 12.5. The van der Waals surface area contributed by atoms with E-state index in [0.29, 0.717) is 13.2 Å². The van der Waals surface area contributed by atoms with E-state index in [0.717, 1.165) is 28.0 Å². The van der Waals surface area contributed by atoms with Gasteiger partial charge in [-0.2, -0.15) is 0 Å². The van der Waals surface area contributed by atoms with Crippen molar-refractivity contribution in [2.45, 2.75) is 26.6 Å². The molecule has 1 aliphatic rings. The van der Waals surface area contributed by atoms with Crippen LogP contribution in [0.3, 0.4) is 0 Å². The Morgan fingerprint density at radius 3 is 2.94 bits per heavy atom. The highest BCUT2D eigenvalue weighted by molar-refractivity contribution is 7.12. The van der Waals surface area contributed by atoms with Crippen molar-refractivity contribution in [3.8, 4) is 0 Å². The molecule has 0 bridgehead atoms. The van der Waals surface area contributed by atoms with Gasteiger partial charge in [0.2, 0.25) is 5.78 Å². The minimum absolute atomic E-state index is 0.136. The molecule has 0 spiro atoms. The second-order valence-electron chi connectivity index (χ2n) is 4.43. The molecule has 0 atom stereocenters. The van der Waals surface area contributed by atoms with Crippen molar-refractivity contribution in [1.82, 2.24) is 0 Å². The topological polar surface area (TPSA) is 26.3 Å². The lowest BCUT2D eigenvalue weighted by Gasteiger charge is -2.03. The fourth-order valence-corrected chi connectivity index (χ4v) is 3.21. The molecule has 2 heterocycles. The number of hydrogen-bond acceptors (Lipinski definition) is 3. The molecule has 1 aliphatic heterocycles. The zero-order valence-corrected chi connectivity index (χ0v) is 11.0. The lowest BCUT2D eigenvalue weighted by atomic mass is 10.0. The van der Waals surface area contributed by atoms with Gasteiger partial charge in [-0.1, -0.05) is 19.1 Å². The van der Waals surface area contributed by atoms with Gasteiger partial charge in [-0.25, -0.2) is 0 Å². The molecular weight excluding hydrogens is 244 g/mol. The average molecular weight is 258 g/mol. The Balaban J connectivity index is 1.98. The molecule has 0 fully saturated rings. The number of fused-ring (bicyclic) bond motifs is 1. The minimum Gasteiger partial charge on any atom is -0.372 e. The summed E-state index contributed by atoms with van der Waals surface area (Å²) in [6, 6.07) is 7.93. The Morgan fingerprint density at radius 1 is 1.28 bits per heavy atom. The van der Waals surface area contributed by atoms with E-state index in [4.69, 9.17) is 4.74 Å². The van der Waals surface area contributed by atoms with Crippen LogP contribution in [0.15, 0.2) is 29.6 Å². The Hall–Kier alpha value is -1.45. The molecule has 92 valence electrons. The Kier molecular flexibility index (Phi) is 3.02. The number of hydrogen-bond donors (Lipinski definition) is 0. The van der Waals surface area contributed by atoms with Crippen molar-refractivity contribution in [3.05, 3.63) is 56.8 Å². The van der Waals surface area contributed by atoms with Gasteiger partial charge in [-0.15, -0.1) is 11.3 Å². The number of ketones is 1. The first-order valence-corrected chi connectivity index (χ1v) is 6.98. The van der Waals surface area contributed by atoms with Gasteiger partial charge in [0.05, 0.1) is 18.1 Å². The summed E-state index contributed by atoms with van der Waals surface area (Å²) in [6.07, 6.45) is 0.901. The minimum atomic E-state index is 0.136. The summed E-state index contributed by atoms with van der Waals surface area (Å²) in [5.74, 6) is 0.136. The van der Waals surface area contributed by atoms with Crippen LogP contribution in [-0.2, 0) is 24.4 Å². The predicted octanol–water partition coefficient (Wildman–Crippen LogP) is 3.57. The maximum Gasteiger partial charge on any atom is 0.203 e. The van der Waals surface area contributed by atoms with Crippen molar-refractivity contribution < 1.29 is 9.53 Å². The van der Waals surface area contributed by atoms with Gasteiger partial charge < -0.3 is 4.74 Å². The summed E-state index contributed by atoms with van der Waals surface area (Å²) in [5, 5.41) is 1.99. The van der Waals surface area contributed by atoms with E-state index in [1.54, 1.807) is 0 Å². The van der Waals surface area contributed by atoms with E-state index in [1.807, 2.05) is 29.6 Å². The van der Waals surface area contributed by atoms with Crippen LogP contribution in [0, 0.1) is 0 Å². The number of rotatable bonds is 3. The average Bonchev–Trinajstić information content (AvgIpc) is 3.05. The zero-order chi connectivity index (χ0) is 12.5. The van der Waals surface area contributed by atoms with Crippen LogP contribution in [0.5, 0.6) is 0 Å². The first-order chi connectivity index (χ1) is 8.79. The van der Waals surface area contributed by atoms with E-state index in [1.165, 1.54) is 16.9 Å². The third kappa shape index (κ3) is 1.89. The van der Waals surface area contributed by atoms with Crippen molar-refractivity contribution in [2.75, 3.05) is 0 Å². The summed E-state index contributed by atoms with van der Waals surface area (Å²) < 4.78 is 5.38. The van der Waals surface area contributed by atoms with Gasteiger partial charge in [-0.3, -0.25) is 4.79 Å². The standard InChI is InChI=1S/C15H14O2S/c1-2-10-5-6-18-15(10)14(16)11-3-4-12-8-17-9-13(12)7-11/h3-7H,2,8-9H2,1H3. The molecule has 2 nitrogen and oxygen atoms in total. The van der Waals surface area contributed by atoms with Crippen LogP contribution in [0.2, 0.25) is 0 Å². The van der Waals surface area contributed by atoms with Crippen molar-refractivity contribution in [2.24, 2.45) is 0 Å². The number of ether oxygens (including phenoxy) is 1. The molecule has 0 unspecified atom stereocenters. The molecule has 0 saturated carbocycles. The first-order valence-electron chi connectivity index (χ1n) is 6.10. The summed E-state index contributed by atoms with van der Waals surface area (Å²) in [6.45, 7) is 3.37. The highest BCUT2D eigenvalue weighted by Crippen LogP contribution is 2.25. The second kappa shape index (κ2) is 4.67. The molecule has 1 aromatic carbocycles. The highest BCUT2D eigenvalue weighted by atomic mass is 32.1. The van der Waals surface area contributed by atoms with Gasteiger partial charge in [0.25, 0.3) is 0 Å². The number of benzene rings is 1. The summed E-state index contributed by atoms with van der Waals surface area (Å²) >= 11 is 1.53. The van der Waals surface area contributed by atoms with Gasteiger partial charge in [0.15, 0.2) is 0 Å². The molecule has 0 N–H and O–H groups in total. The van der Waals surface area contributed by atoms with Crippen LogP contribution in [0.25, 0.3) is 0 Å². The first kappa shape index (κ1) is 11.6. The predicted molar refractivity (Wildman–Crippen MR) is 72.1 cm³/mol. The Labute approximate surface area is 110 Å². The zero-order valence-electron chi connectivity index (χ0n) is 10.2. The fraction of sp³-hybridized carbons (Fsp3) is 0.267. The molecule has 1 aromatic heterocycles. The molecule has 2 aromatic rings. The van der Waals surface area contributed by atoms with Crippen molar-refractivity contribution in [1.29, 1.82) is 0 Å². The lowest BCUT2D eigenvalue weighted by molar-refractivity contribution is 0.104. The largest absolute Gasteiger partial charge is 0.372 e. The van der Waals surface area contributed by atoms with Crippen molar-refractivity contribution >= 4 is 17.1 Å².